The number of amides is 1. The first-order valence-corrected chi connectivity index (χ1v) is 7.67. The standard InChI is InChI=1S/C16H31NO4.H2S/c1-11(2)8-9-20-14(18)13(10-12(3)4)17-15(19)21-16(5,6)7;/h11-13H,8-10H2,1-7H3,(H,17,19);1H2/t13-;/m0./s1. The van der Waals surface area contributed by atoms with E-state index >= 15 is 0 Å². The Hall–Kier alpha value is -0.910. The van der Waals surface area contributed by atoms with Gasteiger partial charge in [-0.3, -0.25) is 0 Å². The maximum absolute atomic E-state index is 12.1. The Labute approximate surface area is 142 Å². The quantitative estimate of drug-likeness (QED) is 0.722. The smallest absolute Gasteiger partial charge is 0.408 e. The first-order valence-electron chi connectivity index (χ1n) is 7.67. The van der Waals surface area contributed by atoms with Crippen molar-refractivity contribution >= 4 is 25.6 Å². The van der Waals surface area contributed by atoms with Crippen LogP contribution in [0.15, 0.2) is 0 Å². The number of alkyl carbamates (subject to hydrolysis) is 1. The Morgan fingerprint density at radius 2 is 1.59 bits per heavy atom. The van der Waals surface area contributed by atoms with Gasteiger partial charge in [0.1, 0.15) is 11.6 Å². The van der Waals surface area contributed by atoms with E-state index < -0.39 is 23.7 Å². The molecule has 0 aliphatic heterocycles. The predicted molar refractivity (Wildman–Crippen MR) is 93.4 cm³/mol. The summed E-state index contributed by atoms with van der Waals surface area (Å²) in [4.78, 5) is 23.9. The van der Waals surface area contributed by atoms with Crippen molar-refractivity contribution in [3.63, 3.8) is 0 Å². The molecule has 1 N–H and O–H groups in total. The van der Waals surface area contributed by atoms with E-state index in [1.165, 1.54) is 0 Å². The second-order valence-corrected chi connectivity index (χ2v) is 7.18. The summed E-state index contributed by atoms with van der Waals surface area (Å²) >= 11 is 0. The van der Waals surface area contributed by atoms with Crippen molar-refractivity contribution in [3.8, 4) is 0 Å². The van der Waals surface area contributed by atoms with E-state index in [1.54, 1.807) is 20.8 Å². The van der Waals surface area contributed by atoms with E-state index in [0.717, 1.165) is 6.42 Å². The van der Waals surface area contributed by atoms with Crippen molar-refractivity contribution in [2.45, 2.75) is 73.0 Å². The summed E-state index contributed by atoms with van der Waals surface area (Å²) in [6.45, 7) is 13.8. The van der Waals surface area contributed by atoms with Gasteiger partial charge in [-0.25, -0.2) is 9.59 Å². The van der Waals surface area contributed by atoms with Crippen LogP contribution in [0.5, 0.6) is 0 Å². The van der Waals surface area contributed by atoms with Gasteiger partial charge in [-0.2, -0.15) is 13.5 Å². The van der Waals surface area contributed by atoms with Crippen LogP contribution in [0.4, 0.5) is 4.79 Å². The third-order valence-corrected chi connectivity index (χ3v) is 2.62. The predicted octanol–water partition coefficient (Wildman–Crippen LogP) is 3.63. The van der Waals surface area contributed by atoms with Crippen LogP contribution in [0, 0.1) is 11.8 Å². The van der Waals surface area contributed by atoms with Crippen molar-refractivity contribution < 1.29 is 19.1 Å². The maximum Gasteiger partial charge on any atom is 0.408 e. The lowest BCUT2D eigenvalue weighted by Crippen LogP contribution is -2.45. The highest BCUT2D eigenvalue weighted by Crippen LogP contribution is 2.11. The number of ether oxygens (including phenoxy) is 2. The lowest BCUT2D eigenvalue weighted by atomic mass is 10.0. The maximum atomic E-state index is 12.1. The molecule has 0 saturated heterocycles. The Kier molecular flexibility index (Phi) is 11.4. The van der Waals surface area contributed by atoms with Crippen molar-refractivity contribution in [2.24, 2.45) is 11.8 Å². The van der Waals surface area contributed by atoms with Gasteiger partial charge in [-0.05, 0) is 45.4 Å². The molecule has 0 aliphatic rings. The number of esters is 1. The number of hydrogen-bond donors (Lipinski definition) is 1. The number of nitrogens with one attached hydrogen (secondary N) is 1. The normalized spacial score (nSPS) is 12.6. The molecule has 0 heterocycles. The van der Waals surface area contributed by atoms with Crippen molar-refractivity contribution in [2.75, 3.05) is 6.61 Å². The van der Waals surface area contributed by atoms with E-state index in [0.29, 0.717) is 18.9 Å². The van der Waals surface area contributed by atoms with Crippen LogP contribution < -0.4 is 5.32 Å². The van der Waals surface area contributed by atoms with Crippen LogP contribution in [0.3, 0.4) is 0 Å². The molecule has 1 amide bonds. The number of rotatable bonds is 7. The van der Waals surface area contributed by atoms with Gasteiger partial charge >= 0.3 is 12.1 Å². The van der Waals surface area contributed by atoms with Gasteiger partial charge < -0.3 is 14.8 Å². The van der Waals surface area contributed by atoms with Crippen molar-refractivity contribution in [3.05, 3.63) is 0 Å². The highest BCUT2D eigenvalue weighted by Gasteiger charge is 2.26. The summed E-state index contributed by atoms with van der Waals surface area (Å²) in [5.41, 5.74) is -0.589. The molecule has 0 saturated carbocycles. The molecular formula is C16H33NO4S. The van der Waals surface area contributed by atoms with Crippen LogP contribution in [0.25, 0.3) is 0 Å². The molecule has 0 radical (unpaired) electrons. The molecule has 22 heavy (non-hydrogen) atoms. The minimum Gasteiger partial charge on any atom is -0.464 e. The zero-order chi connectivity index (χ0) is 16.6. The van der Waals surface area contributed by atoms with Crippen molar-refractivity contribution in [1.29, 1.82) is 0 Å². The summed E-state index contributed by atoms with van der Waals surface area (Å²) in [5.74, 6) is 0.345. The molecule has 0 aromatic carbocycles. The average Bonchev–Trinajstić information content (AvgIpc) is 2.23. The monoisotopic (exact) mass is 335 g/mol. The second-order valence-electron chi connectivity index (χ2n) is 7.18. The molecule has 6 heteroatoms. The van der Waals surface area contributed by atoms with Crippen LogP contribution in [-0.2, 0) is 14.3 Å². The van der Waals surface area contributed by atoms with E-state index in [1.807, 2.05) is 13.8 Å². The molecule has 1 atom stereocenters. The molecule has 0 bridgehead atoms. The molecule has 0 fully saturated rings. The second kappa shape index (κ2) is 10.8. The van der Waals surface area contributed by atoms with Crippen molar-refractivity contribution in [1.82, 2.24) is 5.32 Å². The van der Waals surface area contributed by atoms with Gasteiger partial charge in [-0.1, -0.05) is 27.7 Å². The molecule has 0 aromatic heterocycles. The van der Waals surface area contributed by atoms with E-state index in [9.17, 15) is 9.59 Å². The number of carbonyl (C=O) groups excluding carboxylic acids is 2. The van der Waals surface area contributed by atoms with Gasteiger partial charge in [0.05, 0.1) is 6.61 Å². The van der Waals surface area contributed by atoms with Gasteiger partial charge in [0.15, 0.2) is 0 Å². The van der Waals surface area contributed by atoms with Crippen LogP contribution in [0.1, 0.15) is 61.3 Å². The Morgan fingerprint density at radius 1 is 1.05 bits per heavy atom. The molecule has 132 valence electrons. The zero-order valence-corrected chi connectivity index (χ0v) is 16.0. The first kappa shape index (κ1) is 23.4. The Morgan fingerprint density at radius 3 is 2.00 bits per heavy atom. The average molecular weight is 336 g/mol. The van der Waals surface area contributed by atoms with Crippen LogP contribution in [-0.4, -0.2) is 30.3 Å². The third kappa shape index (κ3) is 12.8. The third-order valence-electron chi connectivity index (χ3n) is 2.62. The zero-order valence-electron chi connectivity index (χ0n) is 15.0. The van der Waals surface area contributed by atoms with Gasteiger partial charge in [-0.15, -0.1) is 0 Å². The molecule has 0 spiro atoms. The molecule has 0 unspecified atom stereocenters. The lowest BCUT2D eigenvalue weighted by molar-refractivity contribution is -0.147. The van der Waals surface area contributed by atoms with E-state index in [2.05, 4.69) is 19.2 Å². The Balaban J connectivity index is 0. The van der Waals surface area contributed by atoms with Gasteiger partial charge in [0, 0.05) is 0 Å². The minimum absolute atomic E-state index is 0. The van der Waals surface area contributed by atoms with Crippen LogP contribution in [0.2, 0.25) is 0 Å². The largest absolute Gasteiger partial charge is 0.464 e. The summed E-state index contributed by atoms with van der Waals surface area (Å²) in [6, 6.07) is -0.660. The lowest BCUT2D eigenvalue weighted by Gasteiger charge is -2.23. The summed E-state index contributed by atoms with van der Waals surface area (Å²) < 4.78 is 10.4. The molecule has 0 aromatic rings. The van der Waals surface area contributed by atoms with Gasteiger partial charge in [0.2, 0.25) is 0 Å². The summed E-state index contributed by atoms with van der Waals surface area (Å²) in [7, 11) is 0. The fourth-order valence-electron chi connectivity index (χ4n) is 1.63. The van der Waals surface area contributed by atoms with E-state index in [4.69, 9.17) is 9.47 Å². The topological polar surface area (TPSA) is 64.6 Å². The number of carbonyl (C=O) groups is 2. The molecular weight excluding hydrogens is 302 g/mol. The minimum atomic E-state index is -0.660. The number of hydrogen-bond acceptors (Lipinski definition) is 4. The SMILES string of the molecule is CC(C)CCOC(=O)[C@H](CC(C)C)NC(=O)OC(C)(C)C.S. The Bertz CT molecular complexity index is 338. The van der Waals surface area contributed by atoms with Gasteiger partial charge in [0.25, 0.3) is 0 Å². The molecule has 0 aliphatic carbocycles. The fraction of sp³-hybridized carbons (Fsp3) is 0.875. The van der Waals surface area contributed by atoms with Crippen LogP contribution >= 0.6 is 13.5 Å². The molecule has 5 nitrogen and oxygen atoms in total. The van der Waals surface area contributed by atoms with E-state index in [-0.39, 0.29) is 19.4 Å². The summed E-state index contributed by atoms with van der Waals surface area (Å²) in [6.07, 6.45) is 0.751. The highest BCUT2D eigenvalue weighted by molar-refractivity contribution is 7.59. The highest BCUT2D eigenvalue weighted by atomic mass is 32.1. The fourth-order valence-corrected chi connectivity index (χ4v) is 1.63. The first-order chi connectivity index (χ1) is 9.51. The summed E-state index contributed by atoms with van der Waals surface area (Å²) in [5, 5.41) is 2.61. The molecule has 0 rings (SSSR count).